The van der Waals surface area contributed by atoms with Crippen LogP contribution < -0.4 is 0 Å². The molecule has 0 fully saturated rings. The maximum absolute atomic E-state index is 5.14. The van der Waals surface area contributed by atoms with Crippen LogP contribution in [-0.2, 0) is 4.74 Å². The molecule has 2 radical (unpaired) electrons. The molecule has 0 saturated heterocycles. The van der Waals surface area contributed by atoms with Crippen molar-refractivity contribution >= 4 is 0 Å². The molecule has 1 nitrogen and oxygen atoms in total. The molecular weight excluding hydrogens is 100 g/mol. The summed E-state index contributed by atoms with van der Waals surface area (Å²) < 4.78 is 4.98. The van der Waals surface area contributed by atoms with Crippen molar-refractivity contribution in [3.05, 3.63) is 6.92 Å². The Kier molecular flexibility index (Phi) is 4.39. The molecule has 0 bridgehead atoms. The molecule has 44 valence electrons. The Labute approximate surface area is 51.0 Å². The molecule has 0 aromatic heterocycles. The van der Waals surface area contributed by atoms with Gasteiger partial charge in [0.25, 0.3) is 0 Å². The van der Waals surface area contributed by atoms with Crippen molar-refractivity contribution in [2.45, 2.75) is 19.4 Å². The van der Waals surface area contributed by atoms with Crippen molar-refractivity contribution in [1.29, 1.82) is 0 Å². The molecular formula is C7H10O. The first-order chi connectivity index (χ1) is 3.81. The second-order valence-corrected chi connectivity index (χ2v) is 1.47. The van der Waals surface area contributed by atoms with Crippen LogP contribution in [-0.4, -0.2) is 12.7 Å². The number of ether oxygens (including phenoxy) is 1. The fourth-order valence-corrected chi connectivity index (χ4v) is 0.293. The molecule has 0 aliphatic heterocycles. The lowest BCUT2D eigenvalue weighted by atomic mass is 10.4. The monoisotopic (exact) mass is 110 g/mol. The van der Waals surface area contributed by atoms with E-state index in [1.165, 1.54) is 0 Å². The van der Waals surface area contributed by atoms with Gasteiger partial charge >= 0.3 is 0 Å². The lowest BCUT2D eigenvalue weighted by Gasteiger charge is -2.02. The SMILES string of the molecule is [CH]CCOC(C)C#C. The second kappa shape index (κ2) is 4.67. The predicted octanol–water partition coefficient (Wildman–Crippen LogP) is 1.13. The zero-order chi connectivity index (χ0) is 6.41. The first-order valence-electron chi connectivity index (χ1n) is 2.59. The molecule has 0 rings (SSSR count). The fraction of sp³-hybridized carbons (Fsp3) is 0.571. The normalized spacial score (nSPS) is 12.6. The zero-order valence-corrected chi connectivity index (χ0v) is 5.05. The van der Waals surface area contributed by atoms with E-state index in [9.17, 15) is 0 Å². The molecule has 0 aromatic carbocycles. The largest absolute Gasteiger partial charge is 0.366 e. The number of rotatable bonds is 3. The first-order valence-corrected chi connectivity index (χ1v) is 2.59. The molecule has 0 spiro atoms. The molecule has 1 unspecified atom stereocenters. The van der Waals surface area contributed by atoms with Crippen LogP contribution >= 0.6 is 0 Å². The minimum Gasteiger partial charge on any atom is -0.366 e. The van der Waals surface area contributed by atoms with Gasteiger partial charge in [0.15, 0.2) is 0 Å². The Balaban J connectivity index is 3.02. The summed E-state index contributed by atoms with van der Waals surface area (Å²) >= 11 is 0. The van der Waals surface area contributed by atoms with E-state index in [-0.39, 0.29) is 6.10 Å². The quantitative estimate of drug-likeness (QED) is 0.495. The van der Waals surface area contributed by atoms with Crippen LogP contribution in [0.15, 0.2) is 0 Å². The Hall–Kier alpha value is -0.480. The highest BCUT2D eigenvalue weighted by molar-refractivity contribution is 4.91. The van der Waals surface area contributed by atoms with Gasteiger partial charge in [-0.05, 0) is 20.3 Å². The van der Waals surface area contributed by atoms with Crippen molar-refractivity contribution in [1.82, 2.24) is 0 Å². The topological polar surface area (TPSA) is 9.23 Å². The summed E-state index contributed by atoms with van der Waals surface area (Å²) in [6.07, 6.45) is 5.43. The van der Waals surface area contributed by atoms with Gasteiger partial charge in [-0.2, -0.15) is 0 Å². The maximum Gasteiger partial charge on any atom is 0.115 e. The van der Waals surface area contributed by atoms with E-state index < -0.39 is 0 Å². The summed E-state index contributed by atoms with van der Waals surface area (Å²) in [5.41, 5.74) is 0. The number of hydrogen-bond acceptors (Lipinski definition) is 1. The molecule has 0 aromatic rings. The Morgan fingerprint density at radius 3 is 2.75 bits per heavy atom. The van der Waals surface area contributed by atoms with Crippen LogP contribution in [0.3, 0.4) is 0 Å². The van der Waals surface area contributed by atoms with E-state index in [2.05, 4.69) is 5.92 Å². The summed E-state index contributed by atoms with van der Waals surface area (Å²) in [4.78, 5) is 0. The standard InChI is InChI=1S/C7H10O/c1-4-6-8-7(3)5-2/h1-2,7H,4,6H2,3H3. The van der Waals surface area contributed by atoms with Crippen LogP contribution in [0.5, 0.6) is 0 Å². The Morgan fingerprint density at radius 2 is 2.38 bits per heavy atom. The maximum atomic E-state index is 5.14. The van der Waals surface area contributed by atoms with Crippen molar-refractivity contribution in [3.8, 4) is 12.3 Å². The van der Waals surface area contributed by atoms with E-state index >= 15 is 0 Å². The average Bonchev–Trinajstić information content (AvgIpc) is 1.83. The predicted molar refractivity (Wildman–Crippen MR) is 33.2 cm³/mol. The van der Waals surface area contributed by atoms with Gasteiger partial charge in [-0.3, -0.25) is 0 Å². The van der Waals surface area contributed by atoms with Crippen LogP contribution in [0.4, 0.5) is 0 Å². The highest BCUT2D eigenvalue weighted by Gasteiger charge is 1.91. The van der Waals surface area contributed by atoms with Gasteiger partial charge in [0.1, 0.15) is 6.10 Å². The zero-order valence-electron chi connectivity index (χ0n) is 5.05. The van der Waals surface area contributed by atoms with Gasteiger partial charge in [0, 0.05) is 6.61 Å². The smallest absolute Gasteiger partial charge is 0.115 e. The van der Waals surface area contributed by atoms with E-state index in [0.29, 0.717) is 13.0 Å². The molecule has 0 N–H and O–H groups in total. The lowest BCUT2D eigenvalue weighted by molar-refractivity contribution is 0.107. The summed E-state index contributed by atoms with van der Waals surface area (Å²) in [6, 6.07) is 0. The highest BCUT2D eigenvalue weighted by Crippen LogP contribution is 1.87. The average molecular weight is 110 g/mol. The number of terminal acetylenes is 1. The summed E-state index contributed by atoms with van der Waals surface area (Å²) in [5.74, 6) is 2.42. The van der Waals surface area contributed by atoms with Crippen molar-refractivity contribution < 1.29 is 4.74 Å². The molecule has 8 heavy (non-hydrogen) atoms. The summed E-state index contributed by atoms with van der Waals surface area (Å²) in [7, 11) is 0. The van der Waals surface area contributed by atoms with Crippen LogP contribution in [0.25, 0.3) is 0 Å². The molecule has 0 aliphatic rings. The third-order valence-electron chi connectivity index (χ3n) is 0.720. The van der Waals surface area contributed by atoms with Crippen molar-refractivity contribution in [2.24, 2.45) is 0 Å². The Bertz CT molecular complexity index is 80.9. The second-order valence-electron chi connectivity index (χ2n) is 1.47. The molecule has 0 aliphatic carbocycles. The van der Waals surface area contributed by atoms with Crippen molar-refractivity contribution in [3.63, 3.8) is 0 Å². The van der Waals surface area contributed by atoms with Gasteiger partial charge < -0.3 is 4.74 Å². The van der Waals surface area contributed by atoms with Gasteiger partial charge in [-0.1, -0.05) is 5.92 Å². The van der Waals surface area contributed by atoms with E-state index in [1.54, 1.807) is 0 Å². The third kappa shape index (κ3) is 3.70. The van der Waals surface area contributed by atoms with Gasteiger partial charge in [0.05, 0.1) is 0 Å². The molecule has 0 saturated carbocycles. The van der Waals surface area contributed by atoms with Gasteiger partial charge in [-0.25, -0.2) is 0 Å². The molecule has 0 amide bonds. The van der Waals surface area contributed by atoms with E-state index in [4.69, 9.17) is 18.1 Å². The molecule has 1 atom stereocenters. The minimum atomic E-state index is -0.0986. The summed E-state index contributed by atoms with van der Waals surface area (Å²) in [6.45, 7) is 7.50. The molecule has 1 heteroatoms. The lowest BCUT2D eigenvalue weighted by Crippen LogP contribution is -2.04. The first kappa shape index (κ1) is 7.52. The fourth-order valence-electron chi connectivity index (χ4n) is 0.293. The Morgan fingerprint density at radius 1 is 1.75 bits per heavy atom. The highest BCUT2D eigenvalue weighted by atomic mass is 16.5. The number of hydrogen-bond donors (Lipinski definition) is 0. The summed E-state index contributed by atoms with van der Waals surface area (Å²) in [5, 5.41) is 0. The van der Waals surface area contributed by atoms with Crippen molar-refractivity contribution in [2.75, 3.05) is 6.61 Å². The minimum absolute atomic E-state index is 0.0986. The van der Waals surface area contributed by atoms with Crippen LogP contribution in [0, 0.1) is 19.3 Å². The van der Waals surface area contributed by atoms with Crippen LogP contribution in [0.2, 0.25) is 0 Å². The van der Waals surface area contributed by atoms with Gasteiger partial charge in [-0.15, -0.1) is 6.42 Å². The third-order valence-corrected chi connectivity index (χ3v) is 0.720. The van der Waals surface area contributed by atoms with E-state index in [0.717, 1.165) is 0 Å². The van der Waals surface area contributed by atoms with Crippen LogP contribution in [0.1, 0.15) is 13.3 Å². The molecule has 0 heterocycles. The van der Waals surface area contributed by atoms with E-state index in [1.807, 2.05) is 6.92 Å². The van der Waals surface area contributed by atoms with Gasteiger partial charge in [0.2, 0.25) is 0 Å².